The maximum absolute atomic E-state index is 13.4. The Morgan fingerprint density at radius 1 is 1.16 bits per heavy atom. The van der Waals surface area contributed by atoms with Gasteiger partial charge in [-0.25, -0.2) is 9.37 Å². The maximum Gasteiger partial charge on any atom is 0.184 e. The molecular formula is C12H6Cl2FN3S. The van der Waals surface area contributed by atoms with Gasteiger partial charge < -0.3 is 4.98 Å². The van der Waals surface area contributed by atoms with Crippen molar-refractivity contribution in [3.63, 3.8) is 0 Å². The number of halogens is 3. The number of aromatic nitrogens is 3. The summed E-state index contributed by atoms with van der Waals surface area (Å²) in [4.78, 5) is 7.18. The molecule has 3 aromatic rings. The van der Waals surface area contributed by atoms with Crippen molar-refractivity contribution >= 4 is 46.6 Å². The van der Waals surface area contributed by atoms with Gasteiger partial charge in [0, 0.05) is 11.2 Å². The van der Waals surface area contributed by atoms with Crippen LogP contribution in [0.5, 0.6) is 0 Å². The number of hydrogen-bond acceptors (Lipinski definition) is 2. The molecule has 0 bridgehead atoms. The summed E-state index contributed by atoms with van der Waals surface area (Å²) in [5.41, 5.74) is 1.75. The van der Waals surface area contributed by atoms with E-state index in [-0.39, 0.29) is 0 Å². The van der Waals surface area contributed by atoms with Gasteiger partial charge in [0.25, 0.3) is 0 Å². The highest BCUT2D eigenvalue weighted by atomic mass is 35.5. The van der Waals surface area contributed by atoms with Gasteiger partial charge in [-0.3, -0.25) is 4.57 Å². The second kappa shape index (κ2) is 4.59. The predicted molar refractivity (Wildman–Crippen MR) is 76.2 cm³/mol. The maximum atomic E-state index is 13.4. The number of rotatable bonds is 1. The fourth-order valence-corrected chi connectivity index (χ4v) is 2.55. The van der Waals surface area contributed by atoms with E-state index in [0.29, 0.717) is 31.7 Å². The molecule has 0 atom stereocenters. The fraction of sp³-hybridized carbons (Fsp3) is 0. The van der Waals surface area contributed by atoms with E-state index in [4.69, 9.17) is 35.4 Å². The molecular weight excluding hydrogens is 308 g/mol. The summed E-state index contributed by atoms with van der Waals surface area (Å²) in [7, 11) is 0. The lowest BCUT2D eigenvalue weighted by Crippen LogP contribution is -1.96. The molecule has 19 heavy (non-hydrogen) atoms. The molecule has 2 aromatic heterocycles. The van der Waals surface area contributed by atoms with E-state index in [2.05, 4.69) is 9.97 Å². The summed E-state index contributed by atoms with van der Waals surface area (Å²) < 4.78 is 15.4. The van der Waals surface area contributed by atoms with E-state index in [1.165, 1.54) is 18.3 Å². The molecule has 0 aliphatic rings. The number of nitrogens with one attached hydrogen (secondary N) is 1. The van der Waals surface area contributed by atoms with Gasteiger partial charge in [-0.05, 0) is 36.5 Å². The van der Waals surface area contributed by atoms with Crippen LogP contribution in [-0.2, 0) is 0 Å². The van der Waals surface area contributed by atoms with Crippen molar-refractivity contribution in [3.8, 4) is 5.69 Å². The molecule has 96 valence electrons. The van der Waals surface area contributed by atoms with Gasteiger partial charge in [0.15, 0.2) is 10.4 Å². The molecule has 0 aliphatic heterocycles. The Bertz CT molecular complexity index is 820. The second-order valence-electron chi connectivity index (χ2n) is 3.92. The molecule has 0 radical (unpaired) electrons. The zero-order valence-electron chi connectivity index (χ0n) is 9.32. The lowest BCUT2D eigenvalue weighted by Gasteiger charge is -2.04. The van der Waals surface area contributed by atoms with Crippen LogP contribution in [0.2, 0.25) is 10.0 Å². The SMILES string of the molecule is Fc1cc(Cl)cc(-n2c(=S)[nH]c3cc(Cl)cnc32)c1. The van der Waals surface area contributed by atoms with Gasteiger partial charge >= 0.3 is 0 Å². The first-order valence-corrected chi connectivity index (χ1v) is 6.44. The highest BCUT2D eigenvalue weighted by molar-refractivity contribution is 7.71. The molecule has 0 unspecified atom stereocenters. The summed E-state index contributed by atoms with van der Waals surface area (Å²) >= 11 is 17.0. The highest BCUT2D eigenvalue weighted by Gasteiger charge is 2.10. The smallest absolute Gasteiger partial charge is 0.184 e. The number of imidazole rings is 1. The van der Waals surface area contributed by atoms with Gasteiger partial charge in [-0.1, -0.05) is 23.2 Å². The Kier molecular flexibility index (Phi) is 3.05. The Morgan fingerprint density at radius 2 is 1.95 bits per heavy atom. The average molecular weight is 314 g/mol. The summed E-state index contributed by atoms with van der Waals surface area (Å²) in [6.45, 7) is 0. The minimum Gasteiger partial charge on any atom is -0.329 e. The first-order chi connectivity index (χ1) is 9.04. The summed E-state index contributed by atoms with van der Waals surface area (Å²) in [5.74, 6) is -0.437. The summed E-state index contributed by atoms with van der Waals surface area (Å²) in [5, 5.41) is 0.786. The molecule has 0 spiro atoms. The van der Waals surface area contributed by atoms with Crippen molar-refractivity contribution in [2.45, 2.75) is 0 Å². The van der Waals surface area contributed by atoms with Crippen molar-refractivity contribution < 1.29 is 4.39 Å². The van der Waals surface area contributed by atoms with Crippen LogP contribution in [0.1, 0.15) is 0 Å². The molecule has 3 nitrogen and oxygen atoms in total. The number of nitrogens with zero attached hydrogens (tertiary/aromatic N) is 2. The van der Waals surface area contributed by atoms with Crippen LogP contribution in [0, 0.1) is 10.6 Å². The first-order valence-electron chi connectivity index (χ1n) is 5.27. The van der Waals surface area contributed by atoms with Crippen LogP contribution < -0.4 is 0 Å². The Labute approximate surface area is 122 Å². The van der Waals surface area contributed by atoms with Gasteiger partial charge in [-0.15, -0.1) is 0 Å². The number of aromatic amines is 1. The third kappa shape index (κ3) is 2.25. The molecule has 0 fully saturated rings. The van der Waals surface area contributed by atoms with E-state index < -0.39 is 5.82 Å². The van der Waals surface area contributed by atoms with Crippen molar-refractivity contribution in [2.75, 3.05) is 0 Å². The largest absolute Gasteiger partial charge is 0.329 e. The van der Waals surface area contributed by atoms with E-state index >= 15 is 0 Å². The zero-order chi connectivity index (χ0) is 13.6. The van der Waals surface area contributed by atoms with E-state index in [0.717, 1.165) is 0 Å². The average Bonchev–Trinajstić information content (AvgIpc) is 2.62. The molecule has 0 aliphatic carbocycles. The van der Waals surface area contributed by atoms with Crippen LogP contribution in [0.4, 0.5) is 4.39 Å². The van der Waals surface area contributed by atoms with Crippen LogP contribution in [0.25, 0.3) is 16.9 Å². The normalized spacial score (nSPS) is 11.1. The molecule has 7 heteroatoms. The van der Waals surface area contributed by atoms with Crippen LogP contribution in [0.15, 0.2) is 30.5 Å². The third-order valence-electron chi connectivity index (χ3n) is 2.60. The Balaban J connectivity index is 2.36. The number of H-pyrrole nitrogens is 1. The van der Waals surface area contributed by atoms with E-state index in [9.17, 15) is 4.39 Å². The topological polar surface area (TPSA) is 33.6 Å². The second-order valence-corrected chi connectivity index (χ2v) is 5.18. The highest BCUT2D eigenvalue weighted by Crippen LogP contribution is 2.23. The van der Waals surface area contributed by atoms with Crippen molar-refractivity contribution in [1.82, 2.24) is 14.5 Å². The Hall–Kier alpha value is -1.43. The standard InChI is InChI=1S/C12H6Cl2FN3S/c13-6-1-8(15)4-9(2-6)18-11-10(17-12(18)19)3-7(14)5-16-11/h1-5H,(H,17,19). The molecule has 0 amide bonds. The quantitative estimate of drug-likeness (QED) is 0.670. The first kappa shape index (κ1) is 12.6. The number of hydrogen-bond donors (Lipinski definition) is 1. The number of fused-ring (bicyclic) bond motifs is 1. The van der Waals surface area contributed by atoms with Crippen molar-refractivity contribution in [1.29, 1.82) is 0 Å². The molecule has 3 rings (SSSR count). The predicted octanol–water partition coefficient (Wildman–Crippen LogP) is 4.53. The molecule has 1 aromatic carbocycles. The van der Waals surface area contributed by atoms with Crippen molar-refractivity contribution in [2.24, 2.45) is 0 Å². The van der Waals surface area contributed by atoms with Gasteiger partial charge in [0.1, 0.15) is 5.82 Å². The van der Waals surface area contributed by atoms with Crippen LogP contribution in [0.3, 0.4) is 0 Å². The van der Waals surface area contributed by atoms with Crippen LogP contribution >= 0.6 is 35.4 Å². The summed E-state index contributed by atoms with van der Waals surface area (Å²) in [6.07, 6.45) is 1.50. The minimum absolute atomic E-state index is 0.292. The van der Waals surface area contributed by atoms with E-state index in [1.807, 2.05) is 0 Å². The Morgan fingerprint density at radius 3 is 2.68 bits per heavy atom. The van der Waals surface area contributed by atoms with Gasteiger partial charge in [0.2, 0.25) is 0 Å². The van der Waals surface area contributed by atoms with Crippen LogP contribution in [-0.4, -0.2) is 14.5 Å². The van der Waals surface area contributed by atoms with Gasteiger partial charge in [-0.2, -0.15) is 0 Å². The fourth-order valence-electron chi connectivity index (χ4n) is 1.88. The van der Waals surface area contributed by atoms with Gasteiger partial charge in [0.05, 0.1) is 16.2 Å². The lowest BCUT2D eigenvalue weighted by molar-refractivity contribution is 0.626. The molecule has 0 saturated heterocycles. The molecule has 1 N–H and O–H groups in total. The number of benzene rings is 1. The number of pyridine rings is 1. The third-order valence-corrected chi connectivity index (χ3v) is 3.30. The molecule has 2 heterocycles. The van der Waals surface area contributed by atoms with E-state index in [1.54, 1.807) is 16.7 Å². The monoisotopic (exact) mass is 313 g/mol. The van der Waals surface area contributed by atoms with Crippen molar-refractivity contribution in [3.05, 3.63) is 51.1 Å². The zero-order valence-corrected chi connectivity index (χ0v) is 11.7. The minimum atomic E-state index is -0.437. The lowest BCUT2D eigenvalue weighted by atomic mass is 10.3. The summed E-state index contributed by atoms with van der Waals surface area (Å²) in [6, 6.07) is 5.89. The molecule has 0 saturated carbocycles.